The molecule has 0 radical (unpaired) electrons. The maximum Gasteiger partial charge on any atom is 0.417 e. The number of thiophene rings is 2. The van der Waals surface area contributed by atoms with Crippen LogP contribution in [0.1, 0.15) is 30.6 Å². The summed E-state index contributed by atoms with van der Waals surface area (Å²) in [4.78, 5) is 1.71. The summed E-state index contributed by atoms with van der Waals surface area (Å²) in [5, 5.41) is 0. The van der Waals surface area contributed by atoms with Gasteiger partial charge in [-0.05, 0) is 45.4 Å². The van der Waals surface area contributed by atoms with Crippen molar-refractivity contribution in [1.82, 2.24) is 0 Å². The molecule has 0 aliphatic carbocycles. The monoisotopic (exact) mass is 398 g/mol. The van der Waals surface area contributed by atoms with E-state index < -0.39 is 29.9 Å². The van der Waals surface area contributed by atoms with Crippen LogP contribution in [0.25, 0.3) is 11.1 Å². The third-order valence-corrected chi connectivity index (χ3v) is 5.62. The number of alkyl halides is 6. The molecule has 0 atom stereocenters. The maximum atomic E-state index is 14.4. The first-order chi connectivity index (χ1) is 11.4. The Labute approximate surface area is 149 Å². The molecule has 138 valence electrons. The van der Waals surface area contributed by atoms with Crippen molar-refractivity contribution in [3.63, 3.8) is 0 Å². The minimum absolute atomic E-state index is 0.249. The zero-order chi connectivity index (χ0) is 19.2. The molecule has 0 fully saturated rings. The van der Waals surface area contributed by atoms with Gasteiger partial charge in [0.2, 0.25) is 0 Å². The lowest BCUT2D eigenvalue weighted by atomic mass is 9.90. The Kier molecular flexibility index (Phi) is 5.45. The smallest absolute Gasteiger partial charge is 0.244 e. The van der Waals surface area contributed by atoms with Gasteiger partial charge in [0, 0.05) is 30.6 Å². The predicted molar refractivity (Wildman–Crippen MR) is 91.4 cm³/mol. The molecule has 0 amide bonds. The molecule has 0 unspecified atom stereocenters. The highest BCUT2D eigenvalue weighted by Crippen LogP contribution is 2.49. The van der Waals surface area contributed by atoms with E-state index in [9.17, 15) is 26.3 Å². The molecule has 25 heavy (non-hydrogen) atoms. The fraction of sp³-hybridized carbons (Fsp3) is 0.412. The third kappa shape index (κ3) is 3.95. The van der Waals surface area contributed by atoms with E-state index in [2.05, 4.69) is 0 Å². The van der Waals surface area contributed by atoms with Crippen LogP contribution in [-0.4, -0.2) is 18.8 Å². The van der Waals surface area contributed by atoms with Gasteiger partial charge in [-0.2, -0.15) is 22.0 Å². The number of allylic oxidation sites excluding steroid dienone is 2. The van der Waals surface area contributed by atoms with Crippen LogP contribution in [0.4, 0.5) is 26.3 Å². The average molecular weight is 398 g/mol. The number of halogens is 6. The van der Waals surface area contributed by atoms with Gasteiger partial charge in [0.25, 0.3) is 0 Å². The molecule has 0 nitrogen and oxygen atoms in total. The number of rotatable bonds is 4. The molecule has 2 aromatic rings. The molecule has 2 rings (SSSR count). The lowest BCUT2D eigenvalue weighted by Crippen LogP contribution is -2.26. The molecule has 0 aliphatic heterocycles. The Balaban J connectivity index is 2.98. The van der Waals surface area contributed by atoms with Crippen molar-refractivity contribution in [3.05, 3.63) is 42.8 Å². The fourth-order valence-corrected chi connectivity index (χ4v) is 4.63. The average Bonchev–Trinajstić information content (AvgIpc) is 2.95. The SMILES string of the molecule is Cc1cc(/C(=C(\c2cc(C)sc2C)C(F)(F)CF)C(F)(F)F)c(C)s1. The van der Waals surface area contributed by atoms with Crippen molar-refractivity contribution in [1.29, 1.82) is 0 Å². The van der Waals surface area contributed by atoms with Gasteiger partial charge in [0.05, 0.1) is 5.57 Å². The van der Waals surface area contributed by atoms with Crippen molar-refractivity contribution in [2.45, 2.75) is 39.8 Å². The second kappa shape index (κ2) is 6.79. The predicted octanol–water partition coefficient (Wildman–Crippen LogP) is 7.12. The summed E-state index contributed by atoms with van der Waals surface area (Å²) < 4.78 is 83.3. The van der Waals surface area contributed by atoms with E-state index in [0.717, 1.165) is 22.7 Å². The van der Waals surface area contributed by atoms with Crippen LogP contribution in [-0.2, 0) is 0 Å². The summed E-state index contributed by atoms with van der Waals surface area (Å²) in [7, 11) is 0. The summed E-state index contributed by atoms with van der Waals surface area (Å²) >= 11 is 2.19. The van der Waals surface area contributed by atoms with Crippen molar-refractivity contribution in [2.24, 2.45) is 0 Å². The summed E-state index contributed by atoms with van der Waals surface area (Å²) in [5.41, 5.74) is -3.31. The van der Waals surface area contributed by atoms with Gasteiger partial charge in [0.1, 0.15) is 0 Å². The van der Waals surface area contributed by atoms with Crippen molar-refractivity contribution < 1.29 is 26.3 Å². The molecular weight excluding hydrogens is 382 g/mol. The zero-order valence-electron chi connectivity index (χ0n) is 13.9. The first-order valence-corrected chi connectivity index (χ1v) is 8.92. The van der Waals surface area contributed by atoms with Crippen LogP contribution < -0.4 is 0 Å². The largest absolute Gasteiger partial charge is 0.417 e. The first-order valence-electron chi connectivity index (χ1n) is 7.29. The molecule has 0 aliphatic rings. The molecule has 0 bridgehead atoms. The Morgan fingerprint density at radius 3 is 1.48 bits per heavy atom. The van der Waals surface area contributed by atoms with Crippen LogP contribution in [0.15, 0.2) is 12.1 Å². The molecule has 0 saturated carbocycles. The minimum Gasteiger partial charge on any atom is -0.244 e. The van der Waals surface area contributed by atoms with Gasteiger partial charge in [-0.25, -0.2) is 4.39 Å². The van der Waals surface area contributed by atoms with Crippen LogP contribution in [0.5, 0.6) is 0 Å². The van der Waals surface area contributed by atoms with Gasteiger partial charge in [0.15, 0.2) is 6.67 Å². The lowest BCUT2D eigenvalue weighted by molar-refractivity contribution is -0.0702. The summed E-state index contributed by atoms with van der Waals surface area (Å²) in [6, 6.07) is 2.49. The van der Waals surface area contributed by atoms with Crippen molar-refractivity contribution in [2.75, 3.05) is 6.67 Å². The normalized spacial score (nSPS) is 14.0. The molecular formula is C17H16F6S2. The Hall–Kier alpha value is -1.28. The van der Waals surface area contributed by atoms with Crippen LogP contribution in [0.2, 0.25) is 0 Å². The van der Waals surface area contributed by atoms with Crippen LogP contribution >= 0.6 is 22.7 Å². The summed E-state index contributed by atoms with van der Waals surface area (Å²) in [6.45, 7) is 3.91. The minimum atomic E-state index is -5.05. The quantitative estimate of drug-likeness (QED) is 0.481. The fourth-order valence-electron chi connectivity index (χ4n) is 2.77. The Bertz CT molecular complexity index is 808. The third-order valence-electron chi connectivity index (χ3n) is 3.69. The van der Waals surface area contributed by atoms with Gasteiger partial charge in [-0.1, -0.05) is 0 Å². The van der Waals surface area contributed by atoms with Crippen LogP contribution in [0, 0.1) is 27.7 Å². The van der Waals surface area contributed by atoms with Gasteiger partial charge in [-0.15, -0.1) is 22.7 Å². The molecule has 0 N–H and O–H groups in total. The number of hydrogen-bond donors (Lipinski definition) is 0. The van der Waals surface area contributed by atoms with Gasteiger partial charge >= 0.3 is 12.1 Å². The molecule has 0 spiro atoms. The summed E-state index contributed by atoms with van der Waals surface area (Å²) in [5.74, 6) is -4.24. The topological polar surface area (TPSA) is 0 Å². The van der Waals surface area contributed by atoms with Gasteiger partial charge < -0.3 is 0 Å². The van der Waals surface area contributed by atoms with E-state index in [1.807, 2.05) is 0 Å². The highest BCUT2D eigenvalue weighted by Gasteiger charge is 2.47. The molecule has 0 saturated heterocycles. The second-order valence-electron chi connectivity index (χ2n) is 5.74. The Morgan fingerprint density at radius 1 is 0.800 bits per heavy atom. The number of aryl methyl sites for hydroxylation is 4. The van der Waals surface area contributed by atoms with Crippen molar-refractivity contribution >= 4 is 33.8 Å². The standard InChI is InChI=1S/C17H16F6S2/c1-8-5-12(10(3)24-8)14(16(19,20)7-18)15(17(21,22)23)13-6-9(2)25-11(13)4/h5-6H,7H2,1-4H3/b15-14-. The highest BCUT2D eigenvalue weighted by molar-refractivity contribution is 7.12. The second-order valence-corrected chi connectivity index (χ2v) is 8.66. The lowest BCUT2D eigenvalue weighted by Gasteiger charge is -2.24. The van der Waals surface area contributed by atoms with E-state index in [4.69, 9.17) is 0 Å². The first kappa shape index (κ1) is 20.0. The maximum absolute atomic E-state index is 14.4. The molecule has 0 aromatic carbocycles. The van der Waals surface area contributed by atoms with Crippen LogP contribution in [0.3, 0.4) is 0 Å². The van der Waals surface area contributed by atoms with Crippen molar-refractivity contribution in [3.8, 4) is 0 Å². The summed E-state index contributed by atoms with van der Waals surface area (Å²) in [6.07, 6.45) is -5.05. The van der Waals surface area contributed by atoms with E-state index in [0.29, 0.717) is 14.6 Å². The Morgan fingerprint density at radius 2 is 1.20 bits per heavy atom. The van der Waals surface area contributed by atoms with E-state index >= 15 is 0 Å². The molecule has 8 heteroatoms. The van der Waals surface area contributed by atoms with E-state index in [-0.39, 0.29) is 16.0 Å². The van der Waals surface area contributed by atoms with Gasteiger partial charge in [-0.3, -0.25) is 0 Å². The van der Waals surface area contributed by atoms with E-state index in [1.54, 1.807) is 13.8 Å². The number of hydrogen-bond acceptors (Lipinski definition) is 2. The zero-order valence-corrected chi connectivity index (χ0v) is 15.6. The van der Waals surface area contributed by atoms with E-state index in [1.165, 1.54) is 26.0 Å². The molecule has 2 aromatic heterocycles. The highest BCUT2D eigenvalue weighted by atomic mass is 32.1. The molecule has 2 heterocycles.